The van der Waals surface area contributed by atoms with Crippen LogP contribution in [-0.4, -0.2) is 213 Å². The summed E-state index contributed by atoms with van der Waals surface area (Å²) in [4.78, 5) is 124. The van der Waals surface area contributed by atoms with Crippen LogP contribution in [0.5, 0.6) is 0 Å². The summed E-state index contributed by atoms with van der Waals surface area (Å²) in [5.74, 6) is -17.0. The number of alkyl halides is 12. The summed E-state index contributed by atoms with van der Waals surface area (Å²) in [6.45, 7) is -0.133. The van der Waals surface area contributed by atoms with Crippen LogP contribution in [-0.2, 0) is 82.3 Å². The van der Waals surface area contributed by atoms with E-state index < -0.39 is 214 Å². The van der Waals surface area contributed by atoms with Gasteiger partial charge in [0.2, 0.25) is 0 Å². The Morgan fingerprint density at radius 3 is 1.01 bits per heavy atom. The average Bonchev–Trinajstić information content (AvgIpc) is 1.75. The number of benzene rings is 5. The Morgan fingerprint density at radius 2 is 0.721 bits per heavy atom. The molecule has 0 aliphatic carbocycles. The van der Waals surface area contributed by atoms with Crippen molar-refractivity contribution < 1.29 is 145 Å². The fraction of sp³-hybridized carbons (Fsp3) is 0.299. The number of hydrogen-bond donors (Lipinski definition) is 4. The number of methoxy groups -OCH3 is 3. The van der Waals surface area contributed by atoms with Crippen molar-refractivity contribution in [3.63, 3.8) is 0 Å². The molecule has 3 saturated heterocycles. The van der Waals surface area contributed by atoms with Gasteiger partial charge in [0.25, 0.3) is 28.8 Å². The van der Waals surface area contributed by atoms with Gasteiger partial charge in [0.15, 0.2) is 0 Å². The second-order valence-electron chi connectivity index (χ2n) is 33.8. The summed E-state index contributed by atoms with van der Waals surface area (Å²) >= 11 is 0. The molecule has 5 aromatic carbocycles. The van der Waals surface area contributed by atoms with Crippen LogP contribution in [0.2, 0.25) is 0 Å². The normalized spacial score (nSPS) is 15.9. The third kappa shape index (κ3) is 21.6. The number of anilines is 4. The van der Waals surface area contributed by atoms with Gasteiger partial charge in [0.05, 0.1) is 94.4 Å². The number of esters is 3. The molecule has 6 atom stereocenters. The lowest BCUT2D eigenvalue weighted by molar-refractivity contribution is -0.167. The number of aryl methyl sites for hydroxylation is 4. The zero-order valence-electron chi connectivity index (χ0n) is 77.7. The van der Waals surface area contributed by atoms with Crippen molar-refractivity contribution in [2.24, 2.45) is 14.1 Å². The molecule has 3 aliphatic heterocycles. The second-order valence-corrected chi connectivity index (χ2v) is 33.8. The molecule has 774 valence electrons. The number of morpholine rings is 3. The lowest BCUT2D eigenvalue weighted by Crippen LogP contribution is -2.53. The zero-order chi connectivity index (χ0) is 106. The van der Waals surface area contributed by atoms with E-state index in [2.05, 4.69) is 35.9 Å². The number of ether oxygens (including phenoxy) is 6. The lowest BCUT2D eigenvalue weighted by atomic mass is 9.98. The van der Waals surface area contributed by atoms with Crippen LogP contribution in [0.1, 0.15) is 64.8 Å². The van der Waals surface area contributed by atoms with Gasteiger partial charge in [-0.3, -0.25) is 24.0 Å². The van der Waals surface area contributed by atoms with Crippen LogP contribution in [0.4, 0.5) is 111 Å². The van der Waals surface area contributed by atoms with Crippen molar-refractivity contribution in [3.8, 4) is 33.5 Å². The maximum absolute atomic E-state index is 15.3. The first kappa shape index (κ1) is 106. The van der Waals surface area contributed by atoms with E-state index >= 15 is 26.3 Å². The standard InChI is InChI=1S/2C34H29F6N5O5.C29H24F8N6O4/c2*1-17-22-12-18(35)4-7-26(22)43(2)32(47)28(17)21-6-5-19(45-9-8-41-30(21)45)15-25(33(48)49-3)42-31(46)29-23(36)13-20(14-24(29)37)44-10-11-50-16-27(44)34(38,39)40;1-46-27(45)20(40-26(44)23-18(30)10-15(11-19(23)31)42-8-9-47-13-21(42)29(35,36)37)12-14-2-3-16(25-39-6-7-43(14)25)24-17(28(32,33)34)4-5-22(38)41-24/h2*4-9,12-14,25,27H,10-11,15-16H2,1-3H3,(H,42,46);2-7,10-11,20-21H,8-9,12-13H2,1H3,(H2,38,41)(H,40,44)/t25-,27+;25-,27-;20-,21+/m000/s1. The van der Waals surface area contributed by atoms with E-state index in [0.717, 1.165) is 43.3 Å². The number of rotatable bonds is 21. The Bertz CT molecular complexity index is 7280. The minimum Gasteiger partial charge on any atom is -0.467 e. The molecule has 9 aromatic heterocycles. The Morgan fingerprint density at radius 1 is 0.422 bits per heavy atom. The highest BCUT2D eigenvalue weighted by Crippen LogP contribution is 2.42. The van der Waals surface area contributed by atoms with Gasteiger partial charge in [0.1, 0.15) is 122 Å². The number of pyridine rings is 6. The number of halogens is 20. The molecule has 0 unspecified atom stereocenters. The number of carbonyl (C=O) groups excluding carboxylic acids is 6. The summed E-state index contributed by atoms with van der Waals surface area (Å²) in [6, 6.07) is 11.4. The molecule has 3 amide bonds. The van der Waals surface area contributed by atoms with E-state index in [-0.39, 0.29) is 97.3 Å². The van der Waals surface area contributed by atoms with E-state index in [0.29, 0.717) is 108 Å². The topological polar surface area (TPSA) is 338 Å². The van der Waals surface area contributed by atoms with E-state index in [9.17, 15) is 99.8 Å². The van der Waals surface area contributed by atoms with Gasteiger partial charge in [-0.2, -0.15) is 52.7 Å². The fourth-order valence-electron chi connectivity index (χ4n) is 17.9. The number of nitrogens with two attached hydrogens (primary N) is 1. The SMILES string of the molecule is COC(=O)[C@H](Cc1ccc(-c2c(C)c3cc(F)ccc3n(C)c2=O)c2nccn12)NC(=O)c1c(F)cc(N2CCOC[C@@H]2C(F)(F)F)cc1F.COC(=O)[C@H](Cc1ccc(-c2c(C)c3cc(F)ccc3n(C)c2=O)c2nccn12)NC(=O)c1c(F)cc(N2CCOC[C@H]2C(F)(F)F)cc1F.COC(=O)[C@H](Cc1ccc(-c2nc(N)ccc2C(F)(F)F)c2nccn12)NC(=O)c1c(F)cc(N2CCOC[C@@H]2C(F)(F)F)cc1F. The van der Waals surface area contributed by atoms with E-state index in [1.807, 2.05) is 0 Å². The van der Waals surface area contributed by atoms with Crippen molar-refractivity contribution in [2.45, 2.75) is 94.1 Å². The molecule has 5 N–H and O–H groups in total. The van der Waals surface area contributed by atoms with Gasteiger partial charge in [-0.25, -0.2) is 69.4 Å². The van der Waals surface area contributed by atoms with Gasteiger partial charge in [-0.1, -0.05) is 0 Å². The van der Waals surface area contributed by atoms with Gasteiger partial charge in [-0.05, 0) is 146 Å². The number of hydrogen-bond acceptors (Lipinski definition) is 22. The van der Waals surface area contributed by atoms with Crippen LogP contribution in [0.25, 0.3) is 72.3 Å². The number of nitrogens with zero attached hydrogens (tertiary/aromatic N) is 12. The van der Waals surface area contributed by atoms with Gasteiger partial charge in [-0.15, -0.1) is 0 Å². The monoisotopic (exact) mass is 2070 g/mol. The predicted octanol–water partition coefficient (Wildman–Crippen LogP) is 14.3. The molecule has 30 nitrogen and oxygen atoms in total. The first-order valence-electron chi connectivity index (χ1n) is 44.2. The van der Waals surface area contributed by atoms with Crippen molar-refractivity contribution in [1.82, 2.24) is 58.2 Å². The van der Waals surface area contributed by atoms with E-state index in [4.69, 9.17) is 34.2 Å². The van der Waals surface area contributed by atoms with Crippen LogP contribution in [0.3, 0.4) is 0 Å². The molecular weight excluding hydrogens is 1990 g/mol. The Kier molecular flexibility index (Phi) is 30.2. The Balaban J connectivity index is 0.000000165. The third-order valence-electron chi connectivity index (χ3n) is 25.0. The molecule has 0 radical (unpaired) electrons. The first-order chi connectivity index (χ1) is 69.5. The summed E-state index contributed by atoms with van der Waals surface area (Å²) in [7, 11) is 6.21. The highest BCUT2D eigenvalue weighted by Gasteiger charge is 2.50. The average molecular weight is 2080 g/mol. The number of carbonyl (C=O) groups is 6. The minimum atomic E-state index is -4.79. The number of nitrogens with one attached hydrogen (secondary N) is 3. The summed E-state index contributed by atoms with van der Waals surface area (Å²) < 4.78 is 319. The molecule has 0 saturated carbocycles. The van der Waals surface area contributed by atoms with Crippen LogP contribution in [0, 0.1) is 60.4 Å². The lowest BCUT2D eigenvalue weighted by Gasteiger charge is -2.38. The summed E-state index contributed by atoms with van der Waals surface area (Å²) in [6.07, 6.45) is -11.4. The third-order valence-corrected chi connectivity index (χ3v) is 25.0. The van der Waals surface area contributed by atoms with Crippen molar-refractivity contribution >= 4 is 97.3 Å². The van der Waals surface area contributed by atoms with Gasteiger partial charge in [0, 0.05) is 152 Å². The molecular formula is C97H82F20N16O14. The maximum atomic E-state index is 15.3. The van der Waals surface area contributed by atoms with E-state index in [1.54, 1.807) is 73.4 Å². The fourth-order valence-corrected chi connectivity index (χ4v) is 17.9. The summed E-state index contributed by atoms with van der Waals surface area (Å²) in [5.41, 5.74) is 3.47. The maximum Gasteiger partial charge on any atom is 0.418 e. The number of aromatic nitrogens is 9. The predicted molar refractivity (Wildman–Crippen MR) is 488 cm³/mol. The highest BCUT2D eigenvalue weighted by atomic mass is 19.4. The van der Waals surface area contributed by atoms with Crippen molar-refractivity contribution in [1.29, 1.82) is 0 Å². The quantitative estimate of drug-likeness (QED) is 0.0295. The molecule has 0 bridgehead atoms. The largest absolute Gasteiger partial charge is 0.467 e. The molecule has 3 fully saturated rings. The molecule has 14 aromatic rings. The van der Waals surface area contributed by atoms with Crippen LogP contribution < -0.4 is 47.5 Å². The number of fused-ring (bicyclic) bond motifs is 5. The van der Waals surface area contributed by atoms with Crippen LogP contribution >= 0.6 is 0 Å². The van der Waals surface area contributed by atoms with Crippen molar-refractivity contribution in [2.75, 3.05) is 101 Å². The molecule has 3 aliphatic rings. The Hall–Kier alpha value is -15.8. The minimum absolute atomic E-state index is 0.0195. The molecule has 147 heavy (non-hydrogen) atoms. The van der Waals surface area contributed by atoms with Crippen LogP contribution in [0.15, 0.2) is 168 Å². The second kappa shape index (κ2) is 42.1. The molecule has 12 heterocycles. The highest BCUT2D eigenvalue weighted by molar-refractivity contribution is 6.01. The molecule has 50 heteroatoms. The van der Waals surface area contributed by atoms with Crippen molar-refractivity contribution in [3.05, 3.63) is 276 Å². The Labute approximate surface area is 816 Å². The van der Waals surface area contributed by atoms with Gasteiger partial charge >= 0.3 is 42.6 Å². The number of amides is 3. The smallest absolute Gasteiger partial charge is 0.418 e. The number of nitrogen functional groups attached to an aromatic ring is 1. The first-order valence-corrected chi connectivity index (χ1v) is 44.2. The van der Waals surface area contributed by atoms with E-state index in [1.165, 1.54) is 86.9 Å². The summed E-state index contributed by atoms with van der Waals surface area (Å²) in [5, 5.41) is 7.74. The molecule has 0 spiro atoms. The molecule has 17 rings (SSSR count). The number of imidazole rings is 3. The van der Waals surface area contributed by atoms with Gasteiger partial charge < -0.3 is 87.1 Å². The zero-order valence-corrected chi connectivity index (χ0v) is 77.7.